The van der Waals surface area contributed by atoms with Gasteiger partial charge in [-0.1, -0.05) is 57.8 Å². The molecule has 1 fully saturated rings. The van der Waals surface area contributed by atoms with Gasteiger partial charge in [0.2, 0.25) is 5.91 Å². The van der Waals surface area contributed by atoms with E-state index < -0.39 is 0 Å². The summed E-state index contributed by atoms with van der Waals surface area (Å²) in [6.07, 6.45) is 16.6. The molecule has 3 nitrogen and oxygen atoms in total. The molecule has 1 rings (SSSR count). The number of primary amides is 1. The maximum atomic E-state index is 10.7. The summed E-state index contributed by atoms with van der Waals surface area (Å²) in [5, 5.41) is 3.62. The first-order valence-electron chi connectivity index (χ1n) is 8.31. The quantitative estimate of drug-likeness (QED) is 0.750. The lowest BCUT2D eigenvalue weighted by Crippen LogP contribution is -2.30. The van der Waals surface area contributed by atoms with E-state index in [2.05, 4.69) is 5.32 Å². The van der Waals surface area contributed by atoms with E-state index in [9.17, 15) is 4.79 Å². The van der Waals surface area contributed by atoms with Crippen molar-refractivity contribution in [1.82, 2.24) is 5.32 Å². The van der Waals surface area contributed by atoms with Crippen LogP contribution >= 0.6 is 0 Å². The van der Waals surface area contributed by atoms with Crippen LogP contribution in [0.3, 0.4) is 0 Å². The molecule has 1 saturated carbocycles. The van der Waals surface area contributed by atoms with E-state index in [1.807, 2.05) is 0 Å². The van der Waals surface area contributed by atoms with Gasteiger partial charge in [0.25, 0.3) is 0 Å². The monoisotopic (exact) mass is 268 g/mol. The smallest absolute Gasteiger partial charge is 0.217 e. The van der Waals surface area contributed by atoms with Gasteiger partial charge in [0.05, 0.1) is 0 Å². The van der Waals surface area contributed by atoms with E-state index in [1.165, 1.54) is 70.6 Å². The number of nitrogens with two attached hydrogens (primary N) is 1. The molecule has 3 heteroatoms. The van der Waals surface area contributed by atoms with Gasteiger partial charge in [0, 0.05) is 12.5 Å². The van der Waals surface area contributed by atoms with Crippen LogP contribution < -0.4 is 11.1 Å². The van der Waals surface area contributed by atoms with E-state index >= 15 is 0 Å². The summed E-state index contributed by atoms with van der Waals surface area (Å²) >= 11 is 0. The summed E-state index contributed by atoms with van der Waals surface area (Å²) < 4.78 is 0. The van der Waals surface area contributed by atoms with Crippen LogP contribution in [-0.4, -0.2) is 18.5 Å². The molecular formula is C16H32N2O. The molecule has 0 atom stereocenters. The summed E-state index contributed by atoms with van der Waals surface area (Å²) in [6.45, 7) is 0.938. The molecule has 0 bridgehead atoms. The van der Waals surface area contributed by atoms with E-state index in [-0.39, 0.29) is 5.91 Å². The lowest BCUT2D eigenvalue weighted by molar-refractivity contribution is -0.118. The molecule has 0 radical (unpaired) electrons. The first-order valence-corrected chi connectivity index (χ1v) is 8.31. The van der Waals surface area contributed by atoms with Crippen molar-refractivity contribution in [3.05, 3.63) is 0 Å². The van der Waals surface area contributed by atoms with Gasteiger partial charge < -0.3 is 11.1 Å². The third-order valence-electron chi connectivity index (χ3n) is 4.14. The number of nitrogens with one attached hydrogen (secondary N) is 1. The zero-order chi connectivity index (χ0) is 13.8. The van der Waals surface area contributed by atoms with Crippen LogP contribution in [-0.2, 0) is 4.79 Å². The number of hydrogen-bond donors (Lipinski definition) is 2. The molecule has 1 aliphatic rings. The van der Waals surface area contributed by atoms with Crippen LogP contribution in [0.25, 0.3) is 0 Å². The Balaban J connectivity index is 2.16. The molecule has 19 heavy (non-hydrogen) atoms. The summed E-state index contributed by atoms with van der Waals surface area (Å²) in [4.78, 5) is 10.7. The van der Waals surface area contributed by atoms with Crippen molar-refractivity contribution in [3.8, 4) is 0 Å². The predicted octanol–water partition coefficient (Wildman–Crippen LogP) is 3.51. The Bertz CT molecular complexity index is 219. The maximum Gasteiger partial charge on any atom is 0.217 e. The number of carbonyl (C=O) groups is 1. The van der Waals surface area contributed by atoms with Crippen molar-refractivity contribution < 1.29 is 4.79 Å². The predicted molar refractivity (Wildman–Crippen MR) is 81.0 cm³/mol. The minimum absolute atomic E-state index is 0.180. The molecule has 0 aromatic carbocycles. The highest BCUT2D eigenvalue weighted by Gasteiger charge is 2.08. The highest BCUT2D eigenvalue weighted by molar-refractivity contribution is 5.73. The van der Waals surface area contributed by atoms with Crippen LogP contribution in [0.15, 0.2) is 0 Å². The molecule has 1 amide bonds. The number of rotatable bonds is 5. The Hall–Kier alpha value is -0.570. The molecule has 0 aromatic rings. The van der Waals surface area contributed by atoms with E-state index in [0.29, 0.717) is 12.5 Å². The second kappa shape index (κ2) is 11.3. The van der Waals surface area contributed by atoms with Crippen molar-refractivity contribution in [2.75, 3.05) is 6.54 Å². The van der Waals surface area contributed by atoms with Crippen LogP contribution in [0.5, 0.6) is 0 Å². The Morgan fingerprint density at radius 1 is 0.895 bits per heavy atom. The van der Waals surface area contributed by atoms with Crippen molar-refractivity contribution in [3.63, 3.8) is 0 Å². The molecule has 0 aliphatic heterocycles. The van der Waals surface area contributed by atoms with Gasteiger partial charge in [0.1, 0.15) is 0 Å². The number of amides is 1. The second-order valence-corrected chi connectivity index (χ2v) is 5.98. The Morgan fingerprint density at radius 3 is 1.84 bits per heavy atom. The first-order chi connectivity index (χ1) is 9.29. The zero-order valence-electron chi connectivity index (χ0n) is 12.5. The van der Waals surface area contributed by atoms with Gasteiger partial charge in [-0.15, -0.1) is 0 Å². The van der Waals surface area contributed by atoms with Gasteiger partial charge in [-0.3, -0.25) is 4.79 Å². The average Bonchev–Trinajstić information content (AvgIpc) is 2.36. The van der Waals surface area contributed by atoms with Crippen LogP contribution in [0.1, 0.15) is 83.5 Å². The summed E-state index contributed by atoms with van der Waals surface area (Å²) in [7, 11) is 0. The second-order valence-electron chi connectivity index (χ2n) is 5.98. The van der Waals surface area contributed by atoms with Crippen molar-refractivity contribution in [1.29, 1.82) is 0 Å². The fraction of sp³-hybridized carbons (Fsp3) is 0.938. The summed E-state index contributed by atoms with van der Waals surface area (Å²) in [5.74, 6) is -0.180. The van der Waals surface area contributed by atoms with Gasteiger partial charge in [-0.2, -0.15) is 0 Å². The molecule has 0 aromatic heterocycles. The lowest BCUT2D eigenvalue weighted by atomic mass is 9.98. The van der Waals surface area contributed by atoms with Crippen LogP contribution in [0.4, 0.5) is 0 Å². The zero-order valence-corrected chi connectivity index (χ0v) is 12.5. The largest absolute Gasteiger partial charge is 0.370 e. The van der Waals surface area contributed by atoms with Crippen LogP contribution in [0, 0.1) is 0 Å². The lowest BCUT2D eigenvalue weighted by Gasteiger charge is -2.19. The molecule has 0 heterocycles. The molecule has 0 unspecified atom stereocenters. The van der Waals surface area contributed by atoms with Crippen molar-refractivity contribution in [2.45, 2.75) is 89.5 Å². The van der Waals surface area contributed by atoms with Crippen molar-refractivity contribution >= 4 is 5.91 Å². The third-order valence-corrected chi connectivity index (χ3v) is 4.14. The van der Waals surface area contributed by atoms with Crippen LogP contribution in [0.2, 0.25) is 0 Å². The SMILES string of the molecule is NC(=O)CCCNC1CCCCCCCCCCC1. The van der Waals surface area contributed by atoms with E-state index in [4.69, 9.17) is 5.73 Å². The van der Waals surface area contributed by atoms with Gasteiger partial charge in [0.15, 0.2) is 0 Å². The standard InChI is InChI=1S/C16H32N2O/c17-16(19)13-10-14-18-15-11-8-6-4-2-1-3-5-7-9-12-15/h15,18H,1-14H2,(H2,17,19). The number of carbonyl (C=O) groups excluding carboxylic acids is 1. The Labute approximate surface area is 118 Å². The van der Waals surface area contributed by atoms with E-state index in [0.717, 1.165) is 13.0 Å². The summed E-state index contributed by atoms with van der Waals surface area (Å²) in [5.41, 5.74) is 5.16. The highest BCUT2D eigenvalue weighted by atomic mass is 16.1. The fourth-order valence-electron chi connectivity index (χ4n) is 2.94. The van der Waals surface area contributed by atoms with E-state index in [1.54, 1.807) is 0 Å². The minimum atomic E-state index is -0.180. The molecular weight excluding hydrogens is 236 g/mol. The normalized spacial score (nSPS) is 20.4. The average molecular weight is 268 g/mol. The Morgan fingerprint density at radius 2 is 1.37 bits per heavy atom. The summed E-state index contributed by atoms with van der Waals surface area (Å²) in [6, 6.07) is 0.660. The third kappa shape index (κ3) is 9.94. The topological polar surface area (TPSA) is 55.1 Å². The molecule has 1 aliphatic carbocycles. The Kier molecular flexibility index (Phi) is 9.78. The molecule has 3 N–H and O–H groups in total. The highest BCUT2D eigenvalue weighted by Crippen LogP contribution is 2.16. The van der Waals surface area contributed by atoms with Gasteiger partial charge in [-0.25, -0.2) is 0 Å². The van der Waals surface area contributed by atoms with Gasteiger partial charge >= 0.3 is 0 Å². The molecule has 0 spiro atoms. The first kappa shape index (κ1) is 16.5. The minimum Gasteiger partial charge on any atom is -0.370 e. The molecule has 112 valence electrons. The fourth-order valence-corrected chi connectivity index (χ4v) is 2.94. The van der Waals surface area contributed by atoms with Gasteiger partial charge in [-0.05, 0) is 25.8 Å². The maximum absolute atomic E-state index is 10.7. The molecule has 0 saturated heterocycles. The van der Waals surface area contributed by atoms with Crippen molar-refractivity contribution in [2.24, 2.45) is 5.73 Å². The number of hydrogen-bond acceptors (Lipinski definition) is 2.